The van der Waals surface area contributed by atoms with E-state index in [9.17, 15) is 14.5 Å². The van der Waals surface area contributed by atoms with Gasteiger partial charge in [-0.25, -0.2) is 4.98 Å². The normalized spacial score (nSPS) is 21.6. The number of imidazole rings is 1. The van der Waals surface area contributed by atoms with Crippen LogP contribution in [-0.2, 0) is 13.6 Å². The van der Waals surface area contributed by atoms with Gasteiger partial charge >= 0.3 is 7.60 Å². The van der Waals surface area contributed by atoms with Crippen molar-refractivity contribution in [1.29, 1.82) is 0 Å². The lowest BCUT2D eigenvalue weighted by Gasteiger charge is -2.40. The standard InChI is InChI=1S/C19H32N5O6P/c1-2-3-4-5-6-7-15(26)30-31(28,29-9-8-25)14-10-13(11-14)24-12-21-17-16(24)18(27)23-19(20)22-17/h12-15,25-26H,2-11H2,1H3,(H3,20,22,23,27). The zero-order valence-electron chi connectivity index (χ0n) is 17.8. The van der Waals surface area contributed by atoms with Gasteiger partial charge in [0.2, 0.25) is 5.95 Å². The number of hydrogen-bond acceptors (Lipinski definition) is 9. The molecule has 0 spiro atoms. The van der Waals surface area contributed by atoms with Crippen LogP contribution in [0.4, 0.5) is 5.95 Å². The molecule has 2 heterocycles. The first-order chi connectivity index (χ1) is 14.9. The molecule has 1 saturated carbocycles. The van der Waals surface area contributed by atoms with Gasteiger partial charge in [-0.3, -0.25) is 18.9 Å². The highest BCUT2D eigenvalue weighted by molar-refractivity contribution is 7.54. The summed E-state index contributed by atoms with van der Waals surface area (Å²) in [5, 5.41) is 19.3. The number of rotatable bonds is 13. The van der Waals surface area contributed by atoms with E-state index in [4.69, 9.17) is 19.9 Å². The van der Waals surface area contributed by atoms with Gasteiger partial charge in [-0.1, -0.05) is 32.6 Å². The molecule has 0 bridgehead atoms. The maximum Gasteiger partial charge on any atom is 0.336 e. The SMILES string of the molecule is CCCCCCCC(O)OP(=O)(OCCO)C1CC(n2cnc3nc(N)[nH]c(=O)c32)C1. The summed E-state index contributed by atoms with van der Waals surface area (Å²) in [6, 6.07) is -0.137. The van der Waals surface area contributed by atoms with Crippen LogP contribution in [0, 0.1) is 0 Å². The first-order valence-corrected chi connectivity index (χ1v) is 12.4. The van der Waals surface area contributed by atoms with Crippen molar-refractivity contribution in [2.24, 2.45) is 0 Å². The predicted molar refractivity (Wildman–Crippen MR) is 116 cm³/mol. The number of nitrogens with two attached hydrogens (primary N) is 1. The lowest BCUT2D eigenvalue weighted by atomic mass is 9.92. The molecule has 31 heavy (non-hydrogen) atoms. The molecule has 5 N–H and O–H groups in total. The summed E-state index contributed by atoms with van der Waals surface area (Å²) in [6.07, 6.45) is 6.65. The molecule has 174 valence electrons. The van der Waals surface area contributed by atoms with Crippen LogP contribution in [0.1, 0.15) is 64.3 Å². The third-order valence-corrected chi connectivity index (χ3v) is 7.97. The Morgan fingerprint density at radius 2 is 2.10 bits per heavy atom. The number of fused-ring (bicyclic) bond motifs is 1. The van der Waals surface area contributed by atoms with Gasteiger partial charge in [0.15, 0.2) is 17.5 Å². The number of nitrogen functional groups attached to an aromatic ring is 1. The number of nitrogens with one attached hydrogen (secondary N) is 1. The lowest BCUT2D eigenvalue weighted by molar-refractivity contribution is -0.0402. The van der Waals surface area contributed by atoms with Gasteiger partial charge < -0.3 is 25.0 Å². The van der Waals surface area contributed by atoms with Crippen LogP contribution >= 0.6 is 7.60 Å². The Bertz CT molecular complexity index is 957. The summed E-state index contributed by atoms with van der Waals surface area (Å²) in [6.45, 7) is 1.69. The second-order valence-electron chi connectivity index (χ2n) is 7.91. The zero-order valence-corrected chi connectivity index (χ0v) is 18.7. The molecule has 11 nitrogen and oxygen atoms in total. The van der Waals surface area contributed by atoms with Crippen molar-refractivity contribution >= 4 is 24.7 Å². The number of anilines is 1. The number of nitrogens with zero attached hydrogens (tertiary/aromatic N) is 3. The van der Waals surface area contributed by atoms with Gasteiger partial charge in [0, 0.05) is 6.04 Å². The summed E-state index contributed by atoms with van der Waals surface area (Å²) >= 11 is 0. The van der Waals surface area contributed by atoms with E-state index in [-0.39, 0.29) is 30.9 Å². The van der Waals surface area contributed by atoms with Crippen LogP contribution in [0.2, 0.25) is 0 Å². The minimum Gasteiger partial charge on any atom is -0.394 e. The van der Waals surface area contributed by atoms with Crippen LogP contribution in [0.5, 0.6) is 0 Å². The number of H-pyrrole nitrogens is 1. The van der Waals surface area contributed by atoms with Crippen LogP contribution in [-0.4, -0.2) is 54.9 Å². The molecule has 1 aliphatic carbocycles. The Kier molecular flexibility index (Phi) is 8.23. The molecule has 12 heteroatoms. The molecule has 3 rings (SSSR count). The highest BCUT2D eigenvalue weighted by atomic mass is 31.2. The third kappa shape index (κ3) is 5.72. The predicted octanol–water partition coefficient (Wildman–Crippen LogP) is 2.30. The number of aliphatic hydroxyl groups is 2. The lowest BCUT2D eigenvalue weighted by Crippen LogP contribution is -2.34. The van der Waals surface area contributed by atoms with Crippen molar-refractivity contribution in [3.05, 3.63) is 16.7 Å². The Morgan fingerprint density at radius 3 is 2.81 bits per heavy atom. The van der Waals surface area contributed by atoms with Gasteiger partial charge in [-0.2, -0.15) is 4.98 Å². The van der Waals surface area contributed by atoms with Crippen molar-refractivity contribution in [3.8, 4) is 0 Å². The minimum atomic E-state index is -3.64. The average molecular weight is 457 g/mol. The smallest absolute Gasteiger partial charge is 0.336 e. The van der Waals surface area contributed by atoms with Crippen molar-refractivity contribution in [2.75, 3.05) is 18.9 Å². The summed E-state index contributed by atoms with van der Waals surface area (Å²) in [7, 11) is -3.64. The molecule has 0 radical (unpaired) electrons. The largest absolute Gasteiger partial charge is 0.394 e. The van der Waals surface area contributed by atoms with Crippen molar-refractivity contribution in [2.45, 2.75) is 76.3 Å². The number of aromatic nitrogens is 4. The first-order valence-electron chi connectivity index (χ1n) is 10.8. The molecule has 0 aliphatic heterocycles. The molecule has 2 atom stereocenters. The fourth-order valence-electron chi connectivity index (χ4n) is 3.83. The summed E-state index contributed by atoms with van der Waals surface area (Å²) in [5.41, 5.74) is 5.27. The molecule has 2 aromatic heterocycles. The fourth-order valence-corrected chi connectivity index (χ4v) is 6.05. The second kappa shape index (κ2) is 10.7. The number of aliphatic hydroxyl groups excluding tert-OH is 2. The van der Waals surface area contributed by atoms with E-state index in [0.717, 1.165) is 32.1 Å². The van der Waals surface area contributed by atoms with E-state index in [2.05, 4.69) is 21.9 Å². The maximum absolute atomic E-state index is 13.4. The quantitative estimate of drug-likeness (QED) is 0.200. The average Bonchev–Trinajstić information content (AvgIpc) is 3.08. The molecule has 0 amide bonds. The third-order valence-electron chi connectivity index (χ3n) is 5.57. The molecule has 1 fully saturated rings. The van der Waals surface area contributed by atoms with Crippen LogP contribution in [0.3, 0.4) is 0 Å². The molecule has 2 unspecified atom stereocenters. The van der Waals surface area contributed by atoms with E-state index < -0.39 is 25.1 Å². The van der Waals surface area contributed by atoms with Crippen LogP contribution < -0.4 is 11.3 Å². The van der Waals surface area contributed by atoms with Crippen molar-refractivity contribution in [1.82, 2.24) is 19.5 Å². The maximum atomic E-state index is 13.4. The van der Waals surface area contributed by atoms with Gasteiger partial charge in [0.1, 0.15) is 0 Å². The highest BCUT2D eigenvalue weighted by Gasteiger charge is 2.47. The van der Waals surface area contributed by atoms with Crippen LogP contribution in [0.25, 0.3) is 11.2 Å². The molecular formula is C19H32N5O6P. The van der Waals surface area contributed by atoms with Crippen molar-refractivity contribution < 1.29 is 23.8 Å². The summed E-state index contributed by atoms with van der Waals surface area (Å²) in [4.78, 5) is 22.9. The number of unbranched alkanes of at least 4 members (excludes halogenated alkanes) is 4. The van der Waals surface area contributed by atoms with E-state index in [1.165, 1.54) is 6.33 Å². The van der Waals surface area contributed by atoms with Crippen LogP contribution in [0.15, 0.2) is 11.1 Å². The number of hydrogen-bond donors (Lipinski definition) is 4. The Balaban J connectivity index is 1.63. The Labute approximate surface area is 180 Å². The zero-order chi connectivity index (χ0) is 22.4. The molecular weight excluding hydrogens is 425 g/mol. The van der Waals surface area contributed by atoms with Gasteiger partial charge in [-0.05, 0) is 25.7 Å². The summed E-state index contributed by atoms with van der Waals surface area (Å²) < 4.78 is 25.9. The Hall–Kier alpha value is -1.78. The Morgan fingerprint density at radius 1 is 1.35 bits per heavy atom. The molecule has 1 aliphatic rings. The van der Waals surface area contributed by atoms with E-state index in [1.54, 1.807) is 4.57 Å². The van der Waals surface area contributed by atoms with E-state index in [0.29, 0.717) is 24.8 Å². The molecule has 2 aromatic rings. The number of aromatic amines is 1. The van der Waals surface area contributed by atoms with E-state index in [1.807, 2.05) is 0 Å². The molecule has 0 saturated heterocycles. The highest BCUT2D eigenvalue weighted by Crippen LogP contribution is 2.63. The van der Waals surface area contributed by atoms with E-state index >= 15 is 0 Å². The van der Waals surface area contributed by atoms with Gasteiger partial charge in [-0.15, -0.1) is 0 Å². The van der Waals surface area contributed by atoms with Crippen molar-refractivity contribution in [3.63, 3.8) is 0 Å². The second-order valence-corrected chi connectivity index (χ2v) is 10.2. The topological polar surface area (TPSA) is 166 Å². The fraction of sp³-hybridized carbons (Fsp3) is 0.737. The first kappa shape index (κ1) is 23.9. The van der Waals surface area contributed by atoms with Gasteiger partial charge in [0.05, 0.1) is 25.2 Å². The van der Waals surface area contributed by atoms with Gasteiger partial charge in [0.25, 0.3) is 5.56 Å². The summed E-state index contributed by atoms with van der Waals surface area (Å²) in [5.74, 6) is -0.00628. The minimum absolute atomic E-state index is 0.00628. The monoisotopic (exact) mass is 457 g/mol. The molecule has 0 aromatic carbocycles.